The molecule has 1 rings (SSSR count). The van der Waals surface area contributed by atoms with E-state index in [2.05, 4.69) is 17.2 Å². The maximum atomic E-state index is 11.5. The third-order valence-corrected chi connectivity index (χ3v) is 2.04. The number of rotatable bonds is 5. The first-order valence-corrected chi connectivity index (χ1v) is 5.36. The Morgan fingerprint density at radius 1 is 1.44 bits per heavy atom. The number of benzene rings is 1. The smallest absolute Gasteiger partial charge is 0.238 e. The van der Waals surface area contributed by atoms with Gasteiger partial charge in [0, 0.05) is 17.3 Å². The SMILES string of the molecule is C=C(Cl)CNCC(=O)Nc1cccc(C)c1. The standard InChI is InChI=1S/C12H15ClN2O/c1-9-4-3-5-11(6-9)15-12(16)8-14-7-10(2)13/h3-6,14H,2,7-8H2,1H3,(H,15,16). The summed E-state index contributed by atoms with van der Waals surface area (Å²) in [6.07, 6.45) is 0. The molecule has 0 unspecified atom stereocenters. The van der Waals surface area contributed by atoms with Crippen LogP contribution < -0.4 is 10.6 Å². The minimum atomic E-state index is -0.0940. The van der Waals surface area contributed by atoms with E-state index in [0.29, 0.717) is 11.6 Å². The molecule has 0 aliphatic heterocycles. The van der Waals surface area contributed by atoms with Crippen LogP contribution in [0.25, 0.3) is 0 Å². The van der Waals surface area contributed by atoms with Crippen molar-refractivity contribution in [2.75, 3.05) is 18.4 Å². The molecule has 0 bridgehead atoms. The fourth-order valence-electron chi connectivity index (χ4n) is 1.24. The molecule has 0 aliphatic rings. The summed E-state index contributed by atoms with van der Waals surface area (Å²) >= 11 is 5.55. The average molecular weight is 239 g/mol. The summed E-state index contributed by atoms with van der Waals surface area (Å²) in [7, 11) is 0. The molecule has 0 atom stereocenters. The summed E-state index contributed by atoms with van der Waals surface area (Å²) in [5.74, 6) is -0.0940. The largest absolute Gasteiger partial charge is 0.325 e. The molecule has 16 heavy (non-hydrogen) atoms. The summed E-state index contributed by atoms with van der Waals surface area (Å²) in [6.45, 7) is 6.15. The van der Waals surface area contributed by atoms with E-state index in [9.17, 15) is 4.79 Å². The maximum Gasteiger partial charge on any atom is 0.238 e. The predicted molar refractivity (Wildman–Crippen MR) is 67.7 cm³/mol. The second-order valence-electron chi connectivity index (χ2n) is 3.54. The minimum absolute atomic E-state index is 0.0940. The lowest BCUT2D eigenvalue weighted by atomic mass is 10.2. The van der Waals surface area contributed by atoms with Gasteiger partial charge in [0.15, 0.2) is 0 Å². The van der Waals surface area contributed by atoms with Gasteiger partial charge in [-0.15, -0.1) is 0 Å². The highest BCUT2D eigenvalue weighted by molar-refractivity contribution is 6.29. The third-order valence-electron chi connectivity index (χ3n) is 1.90. The van der Waals surface area contributed by atoms with Crippen molar-refractivity contribution in [1.82, 2.24) is 5.32 Å². The van der Waals surface area contributed by atoms with Crippen LogP contribution in [0.4, 0.5) is 5.69 Å². The van der Waals surface area contributed by atoms with Crippen molar-refractivity contribution in [3.8, 4) is 0 Å². The highest BCUT2D eigenvalue weighted by Gasteiger charge is 2.01. The van der Waals surface area contributed by atoms with Crippen LogP contribution in [0, 0.1) is 6.92 Å². The highest BCUT2D eigenvalue weighted by Crippen LogP contribution is 2.08. The first kappa shape index (κ1) is 12.7. The second kappa shape index (κ2) is 6.30. The van der Waals surface area contributed by atoms with Crippen LogP contribution >= 0.6 is 11.6 Å². The zero-order chi connectivity index (χ0) is 12.0. The normalized spacial score (nSPS) is 9.88. The van der Waals surface area contributed by atoms with Gasteiger partial charge in [-0.1, -0.05) is 30.3 Å². The van der Waals surface area contributed by atoms with Crippen LogP contribution in [0.5, 0.6) is 0 Å². The Kier molecular flexibility index (Phi) is 5.02. The lowest BCUT2D eigenvalue weighted by Gasteiger charge is -2.06. The topological polar surface area (TPSA) is 41.1 Å². The molecular formula is C12H15ClN2O. The summed E-state index contributed by atoms with van der Waals surface area (Å²) in [6, 6.07) is 7.65. The monoisotopic (exact) mass is 238 g/mol. The maximum absolute atomic E-state index is 11.5. The zero-order valence-corrected chi connectivity index (χ0v) is 9.97. The fourth-order valence-corrected chi connectivity index (χ4v) is 1.33. The molecular weight excluding hydrogens is 224 g/mol. The molecule has 0 radical (unpaired) electrons. The molecule has 2 N–H and O–H groups in total. The van der Waals surface area contributed by atoms with Crippen molar-refractivity contribution in [3.63, 3.8) is 0 Å². The molecule has 86 valence electrons. The van der Waals surface area contributed by atoms with Gasteiger partial charge in [-0.05, 0) is 24.6 Å². The van der Waals surface area contributed by atoms with E-state index in [0.717, 1.165) is 11.3 Å². The molecule has 1 amide bonds. The Labute approximate surface area is 100 Å². The molecule has 1 aromatic carbocycles. The summed E-state index contributed by atoms with van der Waals surface area (Å²) in [5.41, 5.74) is 1.91. The van der Waals surface area contributed by atoms with E-state index >= 15 is 0 Å². The highest BCUT2D eigenvalue weighted by atomic mass is 35.5. The summed E-state index contributed by atoms with van der Waals surface area (Å²) in [5, 5.41) is 6.15. The molecule has 0 spiro atoms. The number of carbonyl (C=O) groups excluding carboxylic acids is 1. The van der Waals surface area contributed by atoms with Gasteiger partial charge in [0.1, 0.15) is 0 Å². The lowest BCUT2D eigenvalue weighted by Crippen LogP contribution is -2.28. The number of amides is 1. The summed E-state index contributed by atoms with van der Waals surface area (Å²) < 4.78 is 0. The Morgan fingerprint density at radius 2 is 2.19 bits per heavy atom. The third kappa shape index (κ3) is 4.96. The van der Waals surface area contributed by atoms with E-state index in [1.165, 1.54) is 0 Å². The van der Waals surface area contributed by atoms with Gasteiger partial charge in [0.05, 0.1) is 6.54 Å². The number of anilines is 1. The van der Waals surface area contributed by atoms with Gasteiger partial charge in [0.25, 0.3) is 0 Å². The van der Waals surface area contributed by atoms with Gasteiger partial charge in [-0.2, -0.15) is 0 Å². The molecule has 0 saturated heterocycles. The van der Waals surface area contributed by atoms with Crippen molar-refractivity contribution >= 4 is 23.2 Å². The van der Waals surface area contributed by atoms with Crippen molar-refractivity contribution in [1.29, 1.82) is 0 Å². The number of hydrogen-bond acceptors (Lipinski definition) is 2. The van der Waals surface area contributed by atoms with E-state index in [1.807, 2.05) is 31.2 Å². The van der Waals surface area contributed by atoms with E-state index in [1.54, 1.807) is 0 Å². The molecule has 0 fully saturated rings. The van der Waals surface area contributed by atoms with E-state index in [4.69, 9.17) is 11.6 Å². The number of carbonyl (C=O) groups is 1. The molecule has 0 aliphatic carbocycles. The molecule has 4 heteroatoms. The van der Waals surface area contributed by atoms with E-state index < -0.39 is 0 Å². The molecule has 0 saturated carbocycles. The van der Waals surface area contributed by atoms with Crippen molar-refractivity contribution in [3.05, 3.63) is 41.4 Å². The number of hydrogen-bond donors (Lipinski definition) is 2. The van der Waals surface area contributed by atoms with E-state index in [-0.39, 0.29) is 12.5 Å². The molecule has 3 nitrogen and oxygen atoms in total. The average Bonchev–Trinajstić information content (AvgIpc) is 2.16. The molecule has 0 aromatic heterocycles. The van der Waals surface area contributed by atoms with Gasteiger partial charge < -0.3 is 10.6 Å². The minimum Gasteiger partial charge on any atom is -0.325 e. The Morgan fingerprint density at radius 3 is 2.81 bits per heavy atom. The predicted octanol–water partition coefficient (Wildman–Crippen LogP) is 2.28. The van der Waals surface area contributed by atoms with Crippen LogP contribution in [-0.2, 0) is 4.79 Å². The molecule has 1 aromatic rings. The molecule has 0 heterocycles. The Bertz CT molecular complexity index is 390. The van der Waals surface area contributed by atoms with Gasteiger partial charge in [-0.3, -0.25) is 4.79 Å². The summed E-state index contributed by atoms with van der Waals surface area (Å²) in [4.78, 5) is 11.5. The van der Waals surface area contributed by atoms with Crippen molar-refractivity contribution < 1.29 is 4.79 Å². The number of halogens is 1. The number of nitrogens with one attached hydrogen (secondary N) is 2. The van der Waals surface area contributed by atoms with Gasteiger partial charge in [0.2, 0.25) is 5.91 Å². The van der Waals surface area contributed by atoms with Gasteiger partial charge in [-0.25, -0.2) is 0 Å². The first-order chi connectivity index (χ1) is 7.58. The van der Waals surface area contributed by atoms with Crippen LogP contribution in [0.15, 0.2) is 35.9 Å². The zero-order valence-electron chi connectivity index (χ0n) is 9.22. The first-order valence-electron chi connectivity index (χ1n) is 4.98. The van der Waals surface area contributed by atoms with Crippen LogP contribution in [0.2, 0.25) is 0 Å². The van der Waals surface area contributed by atoms with Crippen LogP contribution in [0.3, 0.4) is 0 Å². The van der Waals surface area contributed by atoms with Crippen molar-refractivity contribution in [2.24, 2.45) is 0 Å². The van der Waals surface area contributed by atoms with Gasteiger partial charge >= 0.3 is 0 Å². The van der Waals surface area contributed by atoms with Crippen LogP contribution in [-0.4, -0.2) is 19.0 Å². The lowest BCUT2D eigenvalue weighted by molar-refractivity contribution is -0.115. The Balaban J connectivity index is 2.37. The quantitative estimate of drug-likeness (QED) is 0.826. The Hall–Kier alpha value is -1.32. The van der Waals surface area contributed by atoms with Crippen LogP contribution in [0.1, 0.15) is 5.56 Å². The second-order valence-corrected chi connectivity index (χ2v) is 4.07. The fraction of sp³-hybridized carbons (Fsp3) is 0.250. The van der Waals surface area contributed by atoms with Crippen molar-refractivity contribution in [2.45, 2.75) is 6.92 Å². The number of aryl methyl sites for hydroxylation is 1.